The van der Waals surface area contributed by atoms with E-state index < -0.39 is 0 Å². The summed E-state index contributed by atoms with van der Waals surface area (Å²) in [4.78, 5) is 0. The van der Waals surface area contributed by atoms with Crippen LogP contribution in [0.2, 0.25) is 0 Å². The molecule has 1 spiro atoms. The van der Waals surface area contributed by atoms with Gasteiger partial charge in [-0.05, 0) is 31.1 Å². The van der Waals surface area contributed by atoms with Crippen LogP contribution in [0.4, 0.5) is 0 Å². The van der Waals surface area contributed by atoms with Gasteiger partial charge in [0.05, 0.1) is 6.10 Å². The lowest BCUT2D eigenvalue weighted by atomic mass is 9.65. The minimum atomic E-state index is 0.0580. The van der Waals surface area contributed by atoms with Gasteiger partial charge in [-0.15, -0.1) is 0 Å². The molecule has 0 radical (unpaired) electrons. The molecular weight excluding hydrogens is 162 g/mol. The van der Waals surface area contributed by atoms with Crippen molar-refractivity contribution in [1.82, 2.24) is 5.32 Å². The number of ether oxygens (including phenoxy) is 1. The molecule has 76 valence electrons. The summed E-state index contributed by atoms with van der Waals surface area (Å²) in [7, 11) is 0. The van der Waals surface area contributed by atoms with Crippen LogP contribution < -0.4 is 5.32 Å². The Labute approximate surface area is 81.0 Å². The maximum absolute atomic E-state index is 6.08. The summed E-state index contributed by atoms with van der Waals surface area (Å²) < 4.78 is 6.08. The van der Waals surface area contributed by atoms with Crippen molar-refractivity contribution in [2.75, 3.05) is 6.54 Å². The third kappa shape index (κ3) is 1.75. The van der Waals surface area contributed by atoms with Crippen LogP contribution in [-0.2, 0) is 4.74 Å². The third-order valence-electron chi connectivity index (χ3n) is 3.29. The van der Waals surface area contributed by atoms with Crippen molar-refractivity contribution in [3.63, 3.8) is 0 Å². The van der Waals surface area contributed by atoms with E-state index in [1.54, 1.807) is 0 Å². The highest BCUT2D eigenvalue weighted by molar-refractivity contribution is 5.01. The van der Waals surface area contributed by atoms with Crippen molar-refractivity contribution in [3.8, 4) is 0 Å². The molecule has 1 atom stereocenters. The van der Waals surface area contributed by atoms with E-state index in [2.05, 4.69) is 26.1 Å². The minimum absolute atomic E-state index is 0.0580. The molecule has 0 aromatic rings. The lowest BCUT2D eigenvalue weighted by Crippen LogP contribution is -2.64. The molecule has 1 N–H and O–H groups in total. The molecule has 2 heteroatoms. The molecule has 0 aromatic carbocycles. The second-order valence-electron chi connectivity index (χ2n) is 5.38. The molecule has 2 aliphatic rings. The molecule has 1 saturated heterocycles. The van der Waals surface area contributed by atoms with Gasteiger partial charge >= 0.3 is 0 Å². The van der Waals surface area contributed by atoms with Crippen LogP contribution >= 0.6 is 0 Å². The Morgan fingerprint density at radius 3 is 2.62 bits per heavy atom. The van der Waals surface area contributed by atoms with Gasteiger partial charge < -0.3 is 4.74 Å². The molecule has 1 aliphatic carbocycles. The number of hydrogen-bond donors (Lipinski definition) is 1. The SMILES string of the molecule is CCC1CCNC2(CC(C)(C)C2)O1. The normalized spacial score (nSPS) is 35.8. The Balaban J connectivity index is 1.94. The van der Waals surface area contributed by atoms with Crippen LogP contribution in [0, 0.1) is 5.41 Å². The van der Waals surface area contributed by atoms with E-state index in [-0.39, 0.29) is 5.72 Å². The standard InChI is InChI=1S/C11H21NO/c1-4-9-5-6-12-11(13-9)7-10(2,3)8-11/h9,12H,4-8H2,1-3H3. The van der Waals surface area contributed by atoms with Crippen LogP contribution in [0.25, 0.3) is 0 Å². The van der Waals surface area contributed by atoms with Crippen molar-refractivity contribution in [3.05, 3.63) is 0 Å². The first-order chi connectivity index (χ1) is 6.05. The Kier molecular flexibility index (Phi) is 2.16. The Hall–Kier alpha value is -0.0800. The van der Waals surface area contributed by atoms with Crippen LogP contribution in [0.1, 0.15) is 46.5 Å². The highest BCUT2D eigenvalue weighted by Gasteiger charge is 2.52. The topological polar surface area (TPSA) is 21.3 Å². The Morgan fingerprint density at radius 2 is 2.08 bits per heavy atom. The quantitative estimate of drug-likeness (QED) is 0.673. The molecule has 2 fully saturated rings. The summed E-state index contributed by atoms with van der Waals surface area (Å²) in [5, 5.41) is 3.53. The largest absolute Gasteiger partial charge is 0.357 e. The van der Waals surface area contributed by atoms with Crippen LogP contribution in [0.3, 0.4) is 0 Å². The molecule has 13 heavy (non-hydrogen) atoms. The van der Waals surface area contributed by atoms with Gasteiger partial charge in [-0.25, -0.2) is 0 Å². The molecule has 0 bridgehead atoms. The maximum atomic E-state index is 6.08. The highest BCUT2D eigenvalue weighted by atomic mass is 16.5. The fraction of sp³-hybridized carbons (Fsp3) is 1.00. The van der Waals surface area contributed by atoms with Crippen LogP contribution in [0.15, 0.2) is 0 Å². The Morgan fingerprint density at radius 1 is 1.38 bits per heavy atom. The molecule has 2 rings (SSSR count). The lowest BCUT2D eigenvalue weighted by Gasteiger charge is -2.56. The summed E-state index contributed by atoms with van der Waals surface area (Å²) in [6.07, 6.45) is 5.19. The maximum Gasteiger partial charge on any atom is 0.120 e. The summed E-state index contributed by atoms with van der Waals surface area (Å²) >= 11 is 0. The molecule has 1 saturated carbocycles. The highest BCUT2D eigenvalue weighted by Crippen LogP contribution is 2.50. The minimum Gasteiger partial charge on any atom is -0.357 e. The molecule has 0 amide bonds. The lowest BCUT2D eigenvalue weighted by molar-refractivity contribution is -0.224. The van der Waals surface area contributed by atoms with E-state index >= 15 is 0 Å². The number of rotatable bonds is 1. The van der Waals surface area contributed by atoms with Gasteiger partial charge in [-0.2, -0.15) is 0 Å². The first kappa shape index (κ1) is 9.47. The van der Waals surface area contributed by atoms with E-state index in [0.717, 1.165) is 13.0 Å². The van der Waals surface area contributed by atoms with Crippen molar-refractivity contribution < 1.29 is 4.74 Å². The number of hydrogen-bond acceptors (Lipinski definition) is 2. The molecule has 0 aromatic heterocycles. The van der Waals surface area contributed by atoms with Gasteiger partial charge in [0, 0.05) is 6.54 Å². The predicted molar refractivity (Wildman–Crippen MR) is 53.5 cm³/mol. The third-order valence-corrected chi connectivity index (χ3v) is 3.29. The van der Waals surface area contributed by atoms with Crippen molar-refractivity contribution in [1.29, 1.82) is 0 Å². The van der Waals surface area contributed by atoms with Crippen molar-refractivity contribution in [2.45, 2.75) is 58.3 Å². The average Bonchev–Trinajstić information content (AvgIpc) is 2.01. The van der Waals surface area contributed by atoms with Crippen molar-refractivity contribution >= 4 is 0 Å². The van der Waals surface area contributed by atoms with Crippen molar-refractivity contribution in [2.24, 2.45) is 5.41 Å². The van der Waals surface area contributed by atoms with E-state index in [1.165, 1.54) is 19.3 Å². The van der Waals surface area contributed by atoms with Gasteiger partial charge in [0.15, 0.2) is 0 Å². The monoisotopic (exact) mass is 183 g/mol. The first-order valence-electron chi connectivity index (χ1n) is 5.48. The first-order valence-corrected chi connectivity index (χ1v) is 5.48. The van der Waals surface area contributed by atoms with Gasteiger partial charge in [-0.1, -0.05) is 20.8 Å². The molecule has 1 aliphatic heterocycles. The van der Waals surface area contributed by atoms with E-state index in [4.69, 9.17) is 4.74 Å². The zero-order chi connectivity index (χ0) is 9.53. The molecule has 1 heterocycles. The van der Waals surface area contributed by atoms with Gasteiger partial charge in [0.2, 0.25) is 0 Å². The second-order valence-corrected chi connectivity index (χ2v) is 5.38. The van der Waals surface area contributed by atoms with Crippen LogP contribution in [0.5, 0.6) is 0 Å². The summed E-state index contributed by atoms with van der Waals surface area (Å²) in [5.74, 6) is 0. The van der Waals surface area contributed by atoms with E-state index in [0.29, 0.717) is 11.5 Å². The second kappa shape index (κ2) is 2.96. The average molecular weight is 183 g/mol. The Bertz CT molecular complexity index is 192. The number of nitrogens with one attached hydrogen (secondary N) is 1. The smallest absolute Gasteiger partial charge is 0.120 e. The predicted octanol–water partition coefficient (Wildman–Crippen LogP) is 2.29. The van der Waals surface area contributed by atoms with Gasteiger partial charge in [-0.3, -0.25) is 5.32 Å². The van der Waals surface area contributed by atoms with Crippen LogP contribution in [-0.4, -0.2) is 18.4 Å². The fourth-order valence-electron chi connectivity index (χ4n) is 2.87. The molecule has 1 unspecified atom stereocenters. The summed E-state index contributed by atoms with van der Waals surface area (Å²) in [6.45, 7) is 7.99. The molecular formula is C11H21NO. The summed E-state index contributed by atoms with van der Waals surface area (Å²) in [5.41, 5.74) is 0.547. The van der Waals surface area contributed by atoms with E-state index in [1.807, 2.05) is 0 Å². The van der Waals surface area contributed by atoms with Gasteiger partial charge in [0.1, 0.15) is 5.72 Å². The summed E-state index contributed by atoms with van der Waals surface area (Å²) in [6, 6.07) is 0. The zero-order valence-corrected chi connectivity index (χ0v) is 9.02. The van der Waals surface area contributed by atoms with E-state index in [9.17, 15) is 0 Å². The molecule has 2 nitrogen and oxygen atoms in total. The zero-order valence-electron chi connectivity index (χ0n) is 9.02. The van der Waals surface area contributed by atoms with Gasteiger partial charge in [0.25, 0.3) is 0 Å². The fourth-order valence-corrected chi connectivity index (χ4v) is 2.87.